The highest BCUT2D eigenvalue weighted by atomic mass is 35.5. The summed E-state index contributed by atoms with van der Waals surface area (Å²) in [6.45, 7) is 0. The number of nitrogens with one attached hydrogen (secondary N) is 2. The molecule has 182 valence electrons. The number of carbonyl (C=O) groups is 4. The summed E-state index contributed by atoms with van der Waals surface area (Å²) in [7, 11) is 0. The normalized spacial score (nSPS) is 17.7. The molecule has 1 saturated carbocycles. The summed E-state index contributed by atoms with van der Waals surface area (Å²) in [6, 6.07) is 5.20. The lowest BCUT2D eigenvalue weighted by Crippen LogP contribution is -2.54. The number of aromatic nitrogens is 1. The lowest BCUT2D eigenvalue weighted by atomic mass is 9.61. The molecule has 1 aromatic heterocycles. The van der Waals surface area contributed by atoms with Gasteiger partial charge in [0.1, 0.15) is 11.8 Å². The lowest BCUT2D eigenvalue weighted by Gasteiger charge is -2.44. The van der Waals surface area contributed by atoms with Crippen LogP contribution in [0.2, 0.25) is 10.0 Å². The van der Waals surface area contributed by atoms with Gasteiger partial charge in [-0.05, 0) is 30.5 Å². The van der Waals surface area contributed by atoms with Gasteiger partial charge in [0, 0.05) is 37.3 Å². The maximum atomic E-state index is 14.4. The van der Waals surface area contributed by atoms with Crippen LogP contribution in [0, 0.1) is 5.41 Å². The van der Waals surface area contributed by atoms with Crippen LogP contribution >= 0.6 is 23.2 Å². The standard InChI is InChI=1S/C24H20Cl2FN3O5/c25-15-10-28-11-16(26)18(15)22(33)29-13-3-1-12(2-4-13)9-17(23(34)35)30-20-19(27)21(32)24(20)7-5-14(31)6-8-24/h1-4,10-11,17,30H,5-9H2,(H,29,33)(H,34,35)/t17-/m0/s1. The predicted octanol–water partition coefficient (Wildman–Crippen LogP) is 4.12. The Kier molecular flexibility index (Phi) is 6.91. The van der Waals surface area contributed by atoms with Crippen LogP contribution in [0.25, 0.3) is 0 Å². The number of benzene rings is 1. The minimum absolute atomic E-state index is 0.00511. The Balaban J connectivity index is 1.45. The zero-order valence-electron chi connectivity index (χ0n) is 18.2. The quantitative estimate of drug-likeness (QED) is 0.502. The predicted molar refractivity (Wildman–Crippen MR) is 126 cm³/mol. The van der Waals surface area contributed by atoms with Gasteiger partial charge in [-0.2, -0.15) is 0 Å². The van der Waals surface area contributed by atoms with Crippen molar-refractivity contribution in [3.63, 3.8) is 0 Å². The number of amides is 1. The number of carboxylic acid groups (broad SMARTS) is 1. The number of hydrogen-bond acceptors (Lipinski definition) is 6. The zero-order chi connectivity index (χ0) is 25.3. The number of hydrogen-bond donors (Lipinski definition) is 3. The van der Waals surface area contributed by atoms with E-state index in [9.17, 15) is 28.7 Å². The first-order valence-corrected chi connectivity index (χ1v) is 11.5. The number of nitrogens with zero attached hydrogens (tertiary/aromatic N) is 1. The van der Waals surface area contributed by atoms with Crippen LogP contribution in [-0.2, 0) is 20.8 Å². The fourth-order valence-corrected chi connectivity index (χ4v) is 4.91. The molecular weight excluding hydrogens is 500 g/mol. The van der Waals surface area contributed by atoms with Gasteiger partial charge in [-0.3, -0.25) is 19.4 Å². The molecule has 1 heterocycles. The van der Waals surface area contributed by atoms with Gasteiger partial charge in [0.05, 0.1) is 26.7 Å². The summed E-state index contributed by atoms with van der Waals surface area (Å²) in [4.78, 5) is 52.0. The van der Waals surface area contributed by atoms with E-state index in [1.165, 1.54) is 12.4 Å². The van der Waals surface area contributed by atoms with E-state index in [1.54, 1.807) is 24.3 Å². The first kappa shape index (κ1) is 24.8. The maximum absolute atomic E-state index is 14.4. The smallest absolute Gasteiger partial charge is 0.326 e. The molecule has 0 saturated heterocycles. The van der Waals surface area contributed by atoms with Gasteiger partial charge in [-0.25, -0.2) is 9.18 Å². The van der Waals surface area contributed by atoms with Crippen molar-refractivity contribution < 1.29 is 28.7 Å². The molecule has 2 aliphatic carbocycles. The summed E-state index contributed by atoms with van der Waals surface area (Å²) in [5.41, 5.74) is -0.0762. The average molecular weight is 520 g/mol. The minimum atomic E-state index is -1.22. The average Bonchev–Trinajstić information content (AvgIpc) is 2.83. The number of aliphatic carboxylic acids is 1. The Labute approximate surface area is 209 Å². The van der Waals surface area contributed by atoms with Gasteiger partial charge in [-0.15, -0.1) is 0 Å². The first-order valence-electron chi connectivity index (χ1n) is 10.8. The van der Waals surface area contributed by atoms with E-state index >= 15 is 0 Å². The highest BCUT2D eigenvalue weighted by molar-refractivity contribution is 6.40. The molecule has 3 N–H and O–H groups in total. The van der Waals surface area contributed by atoms with Crippen molar-refractivity contribution >= 4 is 52.3 Å². The number of carboxylic acids is 1. The molecule has 1 spiro atoms. The van der Waals surface area contributed by atoms with Crippen molar-refractivity contribution in [2.45, 2.75) is 38.1 Å². The minimum Gasteiger partial charge on any atom is -0.480 e. The Morgan fingerprint density at radius 1 is 1.09 bits per heavy atom. The Bertz CT molecular complexity index is 1230. The highest BCUT2D eigenvalue weighted by Crippen LogP contribution is 2.51. The van der Waals surface area contributed by atoms with Gasteiger partial charge in [0.25, 0.3) is 5.91 Å². The first-order chi connectivity index (χ1) is 16.6. The van der Waals surface area contributed by atoms with Crippen molar-refractivity contribution in [2.75, 3.05) is 5.32 Å². The number of rotatable bonds is 7. The second-order valence-electron chi connectivity index (χ2n) is 8.51. The summed E-state index contributed by atoms with van der Waals surface area (Å²) in [5.74, 6) is -3.40. The molecule has 8 nitrogen and oxygen atoms in total. The van der Waals surface area contributed by atoms with E-state index in [1.807, 2.05) is 0 Å². The van der Waals surface area contributed by atoms with Crippen LogP contribution in [0.1, 0.15) is 41.6 Å². The summed E-state index contributed by atoms with van der Waals surface area (Å²) in [6.07, 6.45) is 3.25. The molecule has 0 bridgehead atoms. The van der Waals surface area contributed by atoms with Gasteiger partial charge >= 0.3 is 5.97 Å². The number of Topliss-reactive ketones (excluding diaryl/α,β-unsaturated/α-hetero) is 2. The van der Waals surface area contributed by atoms with Crippen LogP contribution in [0.4, 0.5) is 10.1 Å². The second-order valence-corrected chi connectivity index (χ2v) is 9.32. The van der Waals surface area contributed by atoms with Crippen molar-refractivity contribution in [3.05, 3.63) is 69.4 Å². The van der Waals surface area contributed by atoms with Gasteiger partial charge in [-0.1, -0.05) is 35.3 Å². The Morgan fingerprint density at radius 2 is 1.69 bits per heavy atom. The molecule has 1 atom stereocenters. The number of anilines is 1. The van der Waals surface area contributed by atoms with Crippen LogP contribution in [0.3, 0.4) is 0 Å². The molecule has 1 amide bonds. The number of ketones is 2. The molecule has 4 rings (SSSR count). The van der Waals surface area contributed by atoms with E-state index in [0.717, 1.165) is 0 Å². The van der Waals surface area contributed by atoms with Crippen LogP contribution in [-0.4, -0.2) is 39.6 Å². The summed E-state index contributed by atoms with van der Waals surface area (Å²) in [5, 5.41) is 15.3. The van der Waals surface area contributed by atoms with Gasteiger partial charge in [0.2, 0.25) is 5.78 Å². The maximum Gasteiger partial charge on any atom is 0.326 e. The van der Waals surface area contributed by atoms with E-state index in [4.69, 9.17) is 23.2 Å². The SMILES string of the molecule is O=C1CCC2(CC1)C(=O)C(F)=C2N[C@@H](Cc1ccc(NC(=O)c2c(Cl)cncc2Cl)cc1)C(=O)O. The molecule has 1 aromatic carbocycles. The molecule has 0 unspecified atom stereocenters. The monoisotopic (exact) mass is 519 g/mol. The number of allylic oxidation sites excluding steroid dienone is 2. The van der Waals surface area contributed by atoms with E-state index in [-0.39, 0.29) is 59.2 Å². The molecule has 0 radical (unpaired) electrons. The van der Waals surface area contributed by atoms with Crippen molar-refractivity contribution in [3.8, 4) is 0 Å². The van der Waals surface area contributed by atoms with Crippen molar-refractivity contribution in [1.29, 1.82) is 0 Å². The van der Waals surface area contributed by atoms with E-state index in [2.05, 4.69) is 15.6 Å². The lowest BCUT2D eigenvalue weighted by molar-refractivity contribution is -0.141. The third-order valence-electron chi connectivity index (χ3n) is 6.34. The summed E-state index contributed by atoms with van der Waals surface area (Å²) < 4.78 is 14.4. The fourth-order valence-electron chi connectivity index (χ4n) is 4.37. The van der Waals surface area contributed by atoms with E-state index < -0.39 is 34.9 Å². The summed E-state index contributed by atoms with van der Waals surface area (Å²) >= 11 is 12.0. The number of pyridine rings is 1. The highest BCUT2D eigenvalue weighted by Gasteiger charge is 2.56. The Morgan fingerprint density at radius 3 is 2.26 bits per heavy atom. The largest absolute Gasteiger partial charge is 0.480 e. The molecule has 1 fully saturated rings. The third-order valence-corrected chi connectivity index (χ3v) is 6.92. The molecule has 2 aromatic rings. The van der Waals surface area contributed by atoms with Crippen LogP contribution in [0.5, 0.6) is 0 Å². The van der Waals surface area contributed by atoms with Crippen molar-refractivity contribution in [1.82, 2.24) is 10.3 Å². The van der Waals surface area contributed by atoms with Crippen LogP contribution in [0.15, 0.2) is 48.2 Å². The number of carbonyl (C=O) groups excluding carboxylic acids is 3. The molecule has 11 heteroatoms. The molecule has 0 aliphatic heterocycles. The van der Waals surface area contributed by atoms with Gasteiger partial charge in [0.15, 0.2) is 5.83 Å². The fraction of sp³-hybridized carbons (Fsp3) is 0.292. The van der Waals surface area contributed by atoms with Crippen molar-refractivity contribution in [2.24, 2.45) is 5.41 Å². The molecular formula is C24H20Cl2FN3O5. The van der Waals surface area contributed by atoms with E-state index in [0.29, 0.717) is 11.3 Å². The molecule has 35 heavy (non-hydrogen) atoms. The van der Waals surface area contributed by atoms with Crippen LogP contribution < -0.4 is 10.6 Å². The second kappa shape index (κ2) is 9.75. The Hall–Kier alpha value is -3.30. The number of halogens is 3. The van der Waals surface area contributed by atoms with Gasteiger partial charge < -0.3 is 15.7 Å². The molecule has 2 aliphatic rings. The topological polar surface area (TPSA) is 125 Å². The third kappa shape index (κ3) is 4.78. The zero-order valence-corrected chi connectivity index (χ0v) is 19.8.